The lowest BCUT2D eigenvalue weighted by molar-refractivity contribution is 0.0605. The minimum absolute atomic E-state index is 0.194. The number of aromatic nitrogens is 2. The number of ether oxygens (including phenoxy) is 2. The molecule has 1 saturated heterocycles. The summed E-state index contributed by atoms with van der Waals surface area (Å²) in [6.07, 6.45) is 2.84. The highest BCUT2D eigenvalue weighted by Gasteiger charge is 2.25. The first-order valence-corrected chi connectivity index (χ1v) is 9.37. The van der Waals surface area contributed by atoms with Crippen molar-refractivity contribution in [2.45, 2.75) is 32.7 Å². The van der Waals surface area contributed by atoms with Gasteiger partial charge >= 0.3 is 12.1 Å². The molecule has 1 amide bonds. The SMILES string of the molecule is CCOC(=O)N1CCC(Nc2ncnc3sc(C(=O)OC)c(C)c23)CC1. The Labute approximate surface area is 155 Å². The molecule has 0 radical (unpaired) electrons. The van der Waals surface area contributed by atoms with E-state index in [1.165, 1.54) is 24.8 Å². The smallest absolute Gasteiger partial charge is 0.409 e. The van der Waals surface area contributed by atoms with Gasteiger partial charge in [0.05, 0.1) is 19.1 Å². The van der Waals surface area contributed by atoms with E-state index in [4.69, 9.17) is 9.47 Å². The number of anilines is 1. The zero-order valence-corrected chi connectivity index (χ0v) is 15.9. The van der Waals surface area contributed by atoms with Crippen LogP contribution in [-0.2, 0) is 9.47 Å². The summed E-state index contributed by atoms with van der Waals surface area (Å²) in [4.78, 5) is 35.4. The van der Waals surface area contributed by atoms with E-state index in [1.54, 1.807) is 11.8 Å². The van der Waals surface area contributed by atoms with Gasteiger partial charge < -0.3 is 19.7 Å². The van der Waals surface area contributed by atoms with Gasteiger partial charge in [0.2, 0.25) is 0 Å². The summed E-state index contributed by atoms with van der Waals surface area (Å²) in [5, 5.41) is 4.30. The molecule has 26 heavy (non-hydrogen) atoms. The molecule has 1 aliphatic rings. The number of nitrogens with one attached hydrogen (secondary N) is 1. The van der Waals surface area contributed by atoms with E-state index in [0.717, 1.165) is 28.6 Å². The third kappa shape index (κ3) is 3.57. The van der Waals surface area contributed by atoms with Gasteiger partial charge in [0.1, 0.15) is 21.9 Å². The second-order valence-electron chi connectivity index (χ2n) is 6.05. The van der Waals surface area contributed by atoms with Crippen LogP contribution in [-0.4, -0.2) is 59.8 Å². The zero-order valence-electron chi connectivity index (χ0n) is 15.1. The fourth-order valence-electron chi connectivity index (χ4n) is 3.08. The van der Waals surface area contributed by atoms with E-state index in [1.807, 2.05) is 6.92 Å². The van der Waals surface area contributed by atoms with E-state index in [9.17, 15) is 9.59 Å². The molecule has 0 aliphatic carbocycles. The molecule has 2 aromatic heterocycles. The summed E-state index contributed by atoms with van der Waals surface area (Å²) in [6, 6.07) is 0.194. The van der Waals surface area contributed by atoms with Crippen LogP contribution in [0.2, 0.25) is 0 Å². The lowest BCUT2D eigenvalue weighted by Crippen LogP contribution is -2.42. The quantitative estimate of drug-likeness (QED) is 0.818. The average molecular weight is 378 g/mol. The molecule has 140 valence electrons. The van der Waals surface area contributed by atoms with Crippen LogP contribution in [0.5, 0.6) is 0 Å². The maximum atomic E-state index is 11.9. The van der Waals surface area contributed by atoms with Gasteiger partial charge in [0.25, 0.3) is 0 Å². The second-order valence-corrected chi connectivity index (χ2v) is 7.05. The first-order valence-electron chi connectivity index (χ1n) is 8.55. The van der Waals surface area contributed by atoms with Crippen LogP contribution in [0.15, 0.2) is 6.33 Å². The number of fused-ring (bicyclic) bond motifs is 1. The first-order chi connectivity index (χ1) is 12.5. The molecule has 3 heterocycles. The minimum atomic E-state index is -0.362. The summed E-state index contributed by atoms with van der Waals surface area (Å²) in [5.74, 6) is 0.354. The fraction of sp³-hybridized carbons (Fsp3) is 0.529. The minimum Gasteiger partial charge on any atom is -0.465 e. The summed E-state index contributed by atoms with van der Waals surface area (Å²) in [6.45, 7) is 5.35. The molecule has 9 heteroatoms. The highest BCUT2D eigenvalue weighted by Crippen LogP contribution is 2.34. The third-order valence-corrected chi connectivity index (χ3v) is 5.64. The van der Waals surface area contributed by atoms with Gasteiger partial charge in [-0.25, -0.2) is 19.6 Å². The lowest BCUT2D eigenvalue weighted by Gasteiger charge is -2.32. The number of amides is 1. The van der Waals surface area contributed by atoms with Crippen LogP contribution in [0.3, 0.4) is 0 Å². The Kier molecular flexibility index (Phi) is 5.55. The van der Waals surface area contributed by atoms with Gasteiger partial charge in [0.15, 0.2) is 0 Å². The van der Waals surface area contributed by atoms with Crippen LogP contribution in [0.25, 0.3) is 10.2 Å². The summed E-state index contributed by atoms with van der Waals surface area (Å²) in [7, 11) is 1.37. The number of hydrogen-bond donors (Lipinski definition) is 1. The molecular weight excluding hydrogens is 356 g/mol. The van der Waals surface area contributed by atoms with Gasteiger partial charge in [-0.2, -0.15) is 0 Å². The number of likely N-dealkylation sites (tertiary alicyclic amines) is 1. The molecule has 0 bridgehead atoms. The first kappa shape index (κ1) is 18.4. The lowest BCUT2D eigenvalue weighted by atomic mass is 10.1. The molecule has 3 rings (SSSR count). The molecule has 0 atom stereocenters. The molecule has 1 fully saturated rings. The van der Waals surface area contributed by atoms with Crippen LogP contribution >= 0.6 is 11.3 Å². The van der Waals surface area contributed by atoms with Gasteiger partial charge in [-0.1, -0.05) is 0 Å². The topological polar surface area (TPSA) is 93.6 Å². The predicted molar refractivity (Wildman–Crippen MR) is 98.7 cm³/mol. The van der Waals surface area contributed by atoms with Crippen molar-refractivity contribution >= 4 is 39.4 Å². The Bertz CT molecular complexity index is 814. The Morgan fingerprint density at radius 1 is 1.35 bits per heavy atom. The van der Waals surface area contributed by atoms with Crippen molar-refractivity contribution in [1.82, 2.24) is 14.9 Å². The highest BCUT2D eigenvalue weighted by atomic mass is 32.1. The van der Waals surface area contributed by atoms with Gasteiger partial charge in [-0.05, 0) is 32.3 Å². The van der Waals surface area contributed by atoms with E-state index >= 15 is 0 Å². The third-order valence-electron chi connectivity index (χ3n) is 4.46. The van der Waals surface area contributed by atoms with Crippen LogP contribution in [0.1, 0.15) is 35.0 Å². The molecule has 2 aromatic rings. The van der Waals surface area contributed by atoms with Crippen molar-refractivity contribution < 1.29 is 19.1 Å². The Balaban J connectivity index is 1.75. The molecule has 0 unspecified atom stereocenters. The number of hydrogen-bond acceptors (Lipinski definition) is 8. The molecule has 0 spiro atoms. The number of piperidine rings is 1. The van der Waals surface area contributed by atoms with Crippen molar-refractivity contribution in [3.63, 3.8) is 0 Å². The molecular formula is C17H22N4O4S. The molecule has 0 saturated carbocycles. The molecule has 1 aliphatic heterocycles. The monoisotopic (exact) mass is 378 g/mol. The van der Waals surface area contributed by atoms with Gasteiger partial charge in [-0.3, -0.25) is 0 Å². The zero-order chi connectivity index (χ0) is 18.7. The Morgan fingerprint density at radius 3 is 2.73 bits per heavy atom. The summed E-state index contributed by atoms with van der Waals surface area (Å²) in [5.41, 5.74) is 0.823. The van der Waals surface area contributed by atoms with E-state index in [-0.39, 0.29) is 18.1 Å². The van der Waals surface area contributed by atoms with Crippen molar-refractivity contribution in [3.8, 4) is 0 Å². The maximum Gasteiger partial charge on any atom is 0.409 e. The normalized spacial score (nSPS) is 15.1. The van der Waals surface area contributed by atoms with E-state index in [0.29, 0.717) is 30.4 Å². The van der Waals surface area contributed by atoms with Gasteiger partial charge in [-0.15, -0.1) is 11.3 Å². The molecule has 0 aromatic carbocycles. The van der Waals surface area contributed by atoms with E-state index < -0.39 is 0 Å². The maximum absolute atomic E-state index is 11.9. The number of esters is 1. The predicted octanol–water partition coefficient (Wildman–Crippen LogP) is 2.82. The largest absolute Gasteiger partial charge is 0.465 e. The number of methoxy groups -OCH3 is 1. The van der Waals surface area contributed by atoms with Crippen LogP contribution in [0, 0.1) is 6.92 Å². The molecule has 8 nitrogen and oxygen atoms in total. The number of rotatable bonds is 4. The number of carbonyl (C=O) groups excluding carboxylic acids is 2. The average Bonchev–Trinajstić information content (AvgIpc) is 2.99. The number of nitrogens with zero attached hydrogens (tertiary/aromatic N) is 3. The van der Waals surface area contributed by atoms with Crippen molar-refractivity contribution in [2.24, 2.45) is 0 Å². The number of aryl methyl sites for hydroxylation is 1. The van der Waals surface area contributed by atoms with Gasteiger partial charge in [0, 0.05) is 19.1 Å². The Morgan fingerprint density at radius 2 is 2.08 bits per heavy atom. The summed E-state index contributed by atoms with van der Waals surface area (Å²) >= 11 is 1.31. The van der Waals surface area contributed by atoms with Crippen molar-refractivity contribution in [1.29, 1.82) is 0 Å². The molecule has 1 N–H and O–H groups in total. The second kappa shape index (κ2) is 7.86. The Hall–Kier alpha value is -2.42. The number of carbonyl (C=O) groups is 2. The van der Waals surface area contributed by atoms with Crippen molar-refractivity contribution in [2.75, 3.05) is 32.1 Å². The van der Waals surface area contributed by atoms with Crippen molar-refractivity contribution in [3.05, 3.63) is 16.8 Å². The summed E-state index contributed by atoms with van der Waals surface area (Å²) < 4.78 is 9.89. The standard InChI is InChI=1S/C17H22N4O4S/c1-4-25-17(23)21-7-5-11(6-8-21)20-14-12-10(2)13(16(22)24-3)26-15(12)19-9-18-14/h9,11H,4-8H2,1-3H3,(H,18,19,20). The number of thiophene rings is 1. The van der Waals surface area contributed by atoms with Crippen LogP contribution in [0.4, 0.5) is 10.6 Å². The highest BCUT2D eigenvalue weighted by molar-refractivity contribution is 7.20. The van der Waals surface area contributed by atoms with E-state index in [2.05, 4.69) is 15.3 Å². The van der Waals surface area contributed by atoms with Crippen LogP contribution < -0.4 is 5.32 Å². The fourth-order valence-corrected chi connectivity index (χ4v) is 4.15.